The van der Waals surface area contributed by atoms with Crippen LogP contribution in [0, 0.1) is 0 Å². The molecule has 1 N–H and O–H groups in total. The summed E-state index contributed by atoms with van der Waals surface area (Å²) < 4.78 is 0. The van der Waals surface area contributed by atoms with E-state index in [0.29, 0.717) is 6.42 Å². The summed E-state index contributed by atoms with van der Waals surface area (Å²) in [5, 5.41) is 11.5. The van der Waals surface area contributed by atoms with E-state index in [1.165, 1.54) is 5.39 Å². The van der Waals surface area contributed by atoms with E-state index in [9.17, 15) is 0 Å². The zero-order valence-corrected chi connectivity index (χ0v) is 9.30. The van der Waals surface area contributed by atoms with Crippen molar-refractivity contribution in [1.29, 1.82) is 0 Å². The summed E-state index contributed by atoms with van der Waals surface area (Å²) in [5.41, 5.74) is 0.957. The highest BCUT2D eigenvalue weighted by Crippen LogP contribution is 2.25. The van der Waals surface area contributed by atoms with Crippen molar-refractivity contribution in [1.82, 2.24) is 0 Å². The molecule has 0 aromatic heterocycles. The molecule has 0 aliphatic rings. The molecule has 0 fully saturated rings. The summed E-state index contributed by atoms with van der Waals surface area (Å²) in [4.78, 5) is 4.39. The summed E-state index contributed by atoms with van der Waals surface area (Å²) >= 11 is 0. The number of fused-ring (bicyclic) bond motifs is 1. The Morgan fingerprint density at radius 1 is 1.19 bits per heavy atom. The average Bonchev–Trinajstić information content (AvgIpc) is 2.29. The molecule has 2 heteroatoms. The van der Waals surface area contributed by atoms with Gasteiger partial charge < -0.3 is 5.11 Å². The van der Waals surface area contributed by atoms with Gasteiger partial charge in [0.15, 0.2) is 0 Å². The molecular weight excluding hydrogens is 198 g/mol. The van der Waals surface area contributed by atoms with Crippen molar-refractivity contribution in [3.8, 4) is 0 Å². The molecular formula is C14H15NO. The standard InChI is InChI=1S/C14H15NO/c1-11(16)9-10-15-14-8-4-6-12-5-2-3-7-13(12)14/h2-8,10-11,16H,9H2,1H3/b15-10+. The highest BCUT2D eigenvalue weighted by atomic mass is 16.3. The van der Waals surface area contributed by atoms with Crippen molar-refractivity contribution in [2.24, 2.45) is 4.99 Å². The second kappa shape index (κ2) is 4.90. The first-order chi connectivity index (χ1) is 7.77. The maximum absolute atomic E-state index is 9.15. The maximum Gasteiger partial charge on any atom is 0.0704 e. The second-order valence-corrected chi connectivity index (χ2v) is 3.89. The second-order valence-electron chi connectivity index (χ2n) is 3.89. The molecule has 0 bridgehead atoms. The molecule has 2 nitrogen and oxygen atoms in total. The Morgan fingerprint density at radius 3 is 2.75 bits per heavy atom. The lowest BCUT2D eigenvalue weighted by Gasteiger charge is -2.01. The van der Waals surface area contributed by atoms with Gasteiger partial charge in [0.1, 0.15) is 0 Å². The Kier molecular flexibility index (Phi) is 3.32. The highest BCUT2D eigenvalue weighted by molar-refractivity contribution is 5.93. The summed E-state index contributed by atoms with van der Waals surface area (Å²) in [6, 6.07) is 14.2. The fourth-order valence-electron chi connectivity index (χ4n) is 1.62. The van der Waals surface area contributed by atoms with Gasteiger partial charge in [0.05, 0.1) is 11.8 Å². The van der Waals surface area contributed by atoms with Crippen molar-refractivity contribution in [2.45, 2.75) is 19.4 Å². The van der Waals surface area contributed by atoms with Crippen molar-refractivity contribution in [2.75, 3.05) is 0 Å². The monoisotopic (exact) mass is 213 g/mol. The molecule has 0 aliphatic carbocycles. The molecule has 0 spiro atoms. The van der Waals surface area contributed by atoms with Gasteiger partial charge in [0.25, 0.3) is 0 Å². The molecule has 1 unspecified atom stereocenters. The molecule has 2 aromatic rings. The third-order valence-corrected chi connectivity index (χ3v) is 2.44. The first kappa shape index (κ1) is 10.8. The van der Waals surface area contributed by atoms with E-state index in [1.807, 2.05) is 24.3 Å². The fraction of sp³-hybridized carbons (Fsp3) is 0.214. The van der Waals surface area contributed by atoms with E-state index in [0.717, 1.165) is 11.1 Å². The Hall–Kier alpha value is -1.67. The van der Waals surface area contributed by atoms with Gasteiger partial charge in [-0.15, -0.1) is 0 Å². The van der Waals surface area contributed by atoms with Crippen LogP contribution in [0.1, 0.15) is 13.3 Å². The number of hydrogen-bond donors (Lipinski definition) is 1. The highest BCUT2D eigenvalue weighted by Gasteiger charge is 1.97. The summed E-state index contributed by atoms with van der Waals surface area (Å²) in [6.45, 7) is 1.76. The third kappa shape index (κ3) is 2.47. The van der Waals surface area contributed by atoms with E-state index in [-0.39, 0.29) is 6.10 Å². The Balaban J connectivity index is 2.34. The van der Waals surface area contributed by atoms with Crippen molar-refractivity contribution in [3.05, 3.63) is 42.5 Å². The molecule has 0 aliphatic heterocycles. The molecule has 82 valence electrons. The Labute approximate surface area is 95.3 Å². The van der Waals surface area contributed by atoms with Gasteiger partial charge in [-0.3, -0.25) is 4.99 Å². The van der Waals surface area contributed by atoms with Crippen LogP contribution in [0.2, 0.25) is 0 Å². The number of rotatable bonds is 3. The smallest absolute Gasteiger partial charge is 0.0704 e. The number of aliphatic imine (C=N–C) groups is 1. The topological polar surface area (TPSA) is 32.6 Å². The van der Waals surface area contributed by atoms with Gasteiger partial charge in [0.2, 0.25) is 0 Å². The Bertz CT molecular complexity index is 498. The first-order valence-corrected chi connectivity index (χ1v) is 5.46. The van der Waals surface area contributed by atoms with E-state index in [2.05, 4.69) is 23.2 Å². The van der Waals surface area contributed by atoms with E-state index in [4.69, 9.17) is 5.11 Å². The van der Waals surface area contributed by atoms with Crippen LogP contribution in [-0.4, -0.2) is 17.4 Å². The lowest BCUT2D eigenvalue weighted by Crippen LogP contribution is -1.98. The third-order valence-electron chi connectivity index (χ3n) is 2.44. The summed E-state index contributed by atoms with van der Waals surface area (Å²) in [7, 11) is 0. The predicted octanol–water partition coefficient (Wildman–Crippen LogP) is 3.31. The SMILES string of the molecule is CC(O)C/C=N/c1cccc2ccccc12. The van der Waals surface area contributed by atoms with Gasteiger partial charge >= 0.3 is 0 Å². The van der Waals surface area contributed by atoms with E-state index in [1.54, 1.807) is 13.1 Å². The molecule has 0 saturated heterocycles. The molecule has 16 heavy (non-hydrogen) atoms. The van der Waals surface area contributed by atoms with Crippen LogP contribution >= 0.6 is 0 Å². The normalized spacial score (nSPS) is 13.4. The minimum Gasteiger partial charge on any atom is -0.393 e. The van der Waals surface area contributed by atoms with Crippen LogP contribution in [-0.2, 0) is 0 Å². The predicted molar refractivity (Wildman–Crippen MR) is 68.4 cm³/mol. The lowest BCUT2D eigenvalue weighted by molar-refractivity contribution is 0.204. The van der Waals surface area contributed by atoms with Gasteiger partial charge in [-0.05, 0) is 18.4 Å². The zero-order chi connectivity index (χ0) is 11.4. The zero-order valence-electron chi connectivity index (χ0n) is 9.30. The lowest BCUT2D eigenvalue weighted by atomic mass is 10.1. The molecule has 0 amide bonds. The van der Waals surface area contributed by atoms with Crippen LogP contribution in [0.25, 0.3) is 10.8 Å². The van der Waals surface area contributed by atoms with Crippen LogP contribution in [0.4, 0.5) is 5.69 Å². The minimum absolute atomic E-state index is 0.335. The van der Waals surface area contributed by atoms with Gasteiger partial charge in [-0.2, -0.15) is 0 Å². The van der Waals surface area contributed by atoms with Crippen molar-refractivity contribution in [3.63, 3.8) is 0 Å². The van der Waals surface area contributed by atoms with Crippen molar-refractivity contribution < 1.29 is 5.11 Å². The fourth-order valence-corrected chi connectivity index (χ4v) is 1.62. The quantitative estimate of drug-likeness (QED) is 0.779. The van der Waals surface area contributed by atoms with Crippen molar-refractivity contribution >= 4 is 22.7 Å². The summed E-state index contributed by atoms with van der Waals surface area (Å²) in [5.74, 6) is 0. The largest absolute Gasteiger partial charge is 0.393 e. The van der Waals surface area contributed by atoms with E-state index < -0.39 is 0 Å². The number of hydrogen-bond acceptors (Lipinski definition) is 2. The van der Waals surface area contributed by atoms with Gasteiger partial charge in [-0.1, -0.05) is 36.4 Å². The van der Waals surface area contributed by atoms with Crippen LogP contribution in [0.5, 0.6) is 0 Å². The van der Waals surface area contributed by atoms with Crippen LogP contribution < -0.4 is 0 Å². The van der Waals surface area contributed by atoms with Gasteiger partial charge in [0, 0.05) is 18.0 Å². The Morgan fingerprint density at radius 2 is 1.94 bits per heavy atom. The molecule has 0 heterocycles. The molecule has 2 aromatic carbocycles. The maximum atomic E-state index is 9.15. The number of benzene rings is 2. The molecule has 1 atom stereocenters. The van der Waals surface area contributed by atoms with Crippen LogP contribution in [0.3, 0.4) is 0 Å². The average molecular weight is 213 g/mol. The first-order valence-electron chi connectivity index (χ1n) is 5.46. The van der Waals surface area contributed by atoms with Gasteiger partial charge in [-0.25, -0.2) is 0 Å². The van der Waals surface area contributed by atoms with E-state index >= 15 is 0 Å². The van der Waals surface area contributed by atoms with Crippen LogP contribution in [0.15, 0.2) is 47.5 Å². The number of aliphatic hydroxyl groups excluding tert-OH is 1. The number of aliphatic hydroxyl groups is 1. The molecule has 2 rings (SSSR count). The number of nitrogens with zero attached hydrogens (tertiary/aromatic N) is 1. The summed E-state index contributed by atoms with van der Waals surface area (Å²) in [6.07, 6.45) is 2.02. The minimum atomic E-state index is -0.335. The molecule has 0 radical (unpaired) electrons. The molecule has 0 saturated carbocycles.